The highest BCUT2D eigenvalue weighted by molar-refractivity contribution is 6.04. The number of benzene rings is 3. The van der Waals surface area contributed by atoms with Crippen molar-refractivity contribution in [3.63, 3.8) is 0 Å². The molecule has 39 heavy (non-hydrogen) atoms. The number of carbonyl (C=O) groups is 1. The Labute approximate surface area is 226 Å². The van der Waals surface area contributed by atoms with Crippen molar-refractivity contribution < 1.29 is 19.0 Å². The molecule has 2 aliphatic heterocycles. The van der Waals surface area contributed by atoms with Gasteiger partial charge in [-0.25, -0.2) is 0 Å². The zero-order valence-electron chi connectivity index (χ0n) is 22.3. The van der Waals surface area contributed by atoms with Gasteiger partial charge >= 0.3 is 0 Å². The highest BCUT2D eigenvalue weighted by Crippen LogP contribution is 2.50. The van der Waals surface area contributed by atoms with Crippen LogP contribution >= 0.6 is 0 Å². The quantitative estimate of drug-likeness (QED) is 0.396. The molecule has 0 radical (unpaired) electrons. The van der Waals surface area contributed by atoms with E-state index in [2.05, 4.69) is 39.6 Å². The molecule has 0 aliphatic carbocycles. The summed E-state index contributed by atoms with van der Waals surface area (Å²) in [6, 6.07) is 16.9. The minimum absolute atomic E-state index is 0.163. The number of aromatic nitrogens is 4. The lowest BCUT2D eigenvalue weighted by Gasteiger charge is -2.34. The molecule has 1 N–H and O–H groups in total. The summed E-state index contributed by atoms with van der Waals surface area (Å²) in [4.78, 5) is 15.1. The van der Waals surface area contributed by atoms with Gasteiger partial charge < -0.3 is 19.5 Å². The topological polar surface area (TPSA) is 104 Å². The van der Waals surface area contributed by atoms with Crippen LogP contribution in [0.1, 0.15) is 58.7 Å². The van der Waals surface area contributed by atoms with Crippen molar-refractivity contribution >= 4 is 11.6 Å². The zero-order valence-corrected chi connectivity index (χ0v) is 22.3. The molecule has 0 spiro atoms. The van der Waals surface area contributed by atoms with Crippen molar-refractivity contribution in [2.75, 3.05) is 32.8 Å². The van der Waals surface area contributed by atoms with Crippen molar-refractivity contribution in [2.45, 2.75) is 32.2 Å². The van der Waals surface area contributed by atoms with E-state index in [0.29, 0.717) is 34.6 Å². The summed E-state index contributed by atoms with van der Waals surface area (Å²) in [5.74, 6) is 2.82. The van der Waals surface area contributed by atoms with E-state index in [4.69, 9.17) is 14.2 Å². The van der Waals surface area contributed by atoms with Crippen LogP contribution in [0.2, 0.25) is 0 Å². The summed E-state index contributed by atoms with van der Waals surface area (Å²) in [5.41, 5.74) is 5.34. The maximum atomic E-state index is 12.9. The molecule has 0 fully saturated rings. The van der Waals surface area contributed by atoms with E-state index in [1.807, 2.05) is 49.5 Å². The molecule has 1 unspecified atom stereocenters. The van der Waals surface area contributed by atoms with Crippen molar-refractivity contribution in [3.05, 3.63) is 82.7 Å². The maximum absolute atomic E-state index is 12.9. The third-order valence-electron chi connectivity index (χ3n) is 7.34. The average molecular weight is 527 g/mol. The Kier molecular flexibility index (Phi) is 6.40. The number of hydrogen-bond acceptors (Lipinski definition) is 8. The van der Waals surface area contributed by atoms with Crippen LogP contribution < -0.4 is 19.5 Å². The predicted molar refractivity (Wildman–Crippen MR) is 145 cm³/mol. The number of fused-ring (bicyclic) bond motifs is 2. The first-order chi connectivity index (χ1) is 18.9. The van der Waals surface area contributed by atoms with Gasteiger partial charge in [0.25, 0.3) is 5.91 Å². The molecule has 2 aliphatic rings. The second kappa shape index (κ2) is 10.0. The monoisotopic (exact) mass is 526 g/mol. The van der Waals surface area contributed by atoms with Gasteiger partial charge in [-0.3, -0.25) is 9.69 Å². The Bertz CT molecular complexity index is 1510. The zero-order chi connectivity index (χ0) is 27.1. The molecule has 4 aromatic rings. The Morgan fingerprint density at radius 1 is 1.10 bits per heavy atom. The van der Waals surface area contributed by atoms with Gasteiger partial charge in [0.15, 0.2) is 17.3 Å². The fourth-order valence-corrected chi connectivity index (χ4v) is 5.22. The minimum atomic E-state index is -0.273. The molecule has 0 saturated heterocycles. The lowest BCUT2D eigenvalue weighted by atomic mass is 9.90. The number of amides is 1. The van der Waals surface area contributed by atoms with Crippen LogP contribution in [-0.4, -0.2) is 58.5 Å². The number of ether oxygens (including phenoxy) is 3. The number of tetrazole rings is 1. The lowest BCUT2D eigenvalue weighted by molar-refractivity contribution is 0.102. The highest BCUT2D eigenvalue weighted by atomic mass is 16.7. The molecular formula is C29H30N6O4. The van der Waals surface area contributed by atoms with Crippen LogP contribution in [-0.2, 0) is 6.42 Å². The number of nitrogens with zero attached hydrogens (tertiary/aromatic N) is 5. The molecule has 10 nitrogen and oxygen atoms in total. The highest BCUT2D eigenvalue weighted by Gasteiger charge is 2.37. The van der Waals surface area contributed by atoms with Gasteiger partial charge in [0, 0.05) is 23.4 Å². The fourth-order valence-electron chi connectivity index (χ4n) is 5.22. The fraction of sp³-hybridized carbons (Fsp3) is 0.310. The van der Waals surface area contributed by atoms with E-state index in [9.17, 15) is 4.79 Å². The first kappa shape index (κ1) is 24.9. The smallest absolute Gasteiger partial charge is 0.255 e. The molecule has 200 valence electrons. The Balaban J connectivity index is 1.29. The van der Waals surface area contributed by atoms with Gasteiger partial charge in [-0.1, -0.05) is 26.0 Å². The largest absolute Gasteiger partial charge is 0.492 e. The number of methoxy groups -OCH3 is 1. The van der Waals surface area contributed by atoms with Gasteiger partial charge in [0.2, 0.25) is 12.5 Å². The molecule has 0 saturated carbocycles. The van der Waals surface area contributed by atoms with Crippen molar-refractivity contribution in [3.8, 4) is 22.9 Å². The number of anilines is 1. The lowest BCUT2D eigenvalue weighted by Crippen LogP contribution is -2.35. The van der Waals surface area contributed by atoms with E-state index in [0.717, 1.165) is 35.5 Å². The molecule has 10 heteroatoms. The SMILES string of the molecule is COc1c2c(cc3c1C(c1nnnn1-c1ccc(C(=O)Nc4ccc(C(C)C)cc4)cc1)N(C)CC3)OCO2. The molecule has 1 amide bonds. The van der Waals surface area contributed by atoms with Crippen molar-refractivity contribution in [2.24, 2.45) is 0 Å². The number of nitrogens with one attached hydrogen (secondary N) is 1. The first-order valence-electron chi connectivity index (χ1n) is 12.9. The number of hydrogen-bond donors (Lipinski definition) is 1. The van der Waals surface area contributed by atoms with Gasteiger partial charge in [0.1, 0.15) is 6.04 Å². The van der Waals surface area contributed by atoms with Gasteiger partial charge in [-0.05, 0) is 83.4 Å². The number of rotatable bonds is 6. The summed E-state index contributed by atoms with van der Waals surface area (Å²) >= 11 is 0. The normalized spacial score (nSPS) is 16.3. The van der Waals surface area contributed by atoms with Crippen LogP contribution in [0.3, 0.4) is 0 Å². The molecule has 3 heterocycles. The van der Waals surface area contributed by atoms with Crippen LogP contribution in [0.25, 0.3) is 5.69 Å². The second-order valence-corrected chi connectivity index (χ2v) is 10.1. The molecule has 0 bridgehead atoms. The standard InChI is InChI=1S/C29H30N6O4/c1-17(2)18-5-9-21(10-6-18)30-29(36)19-7-11-22(12-8-19)35-28(31-32-33-35)25-24-20(13-14-34(25)3)15-23-26(27(24)37-4)39-16-38-23/h5-12,15,17,25H,13-14,16H2,1-4H3,(H,30,36). The molecule has 1 aromatic heterocycles. The van der Waals surface area contributed by atoms with Crippen molar-refractivity contribution in [1.29, 1.82) is 0 Å². The summed E-state index contributed by atoms with van der Waals surface area (Å²) in [5, 5.41) is 15.7. The van der Waals surface area contributed by atoms with E-state index in [1.165, 1.54) is 5.56 Å². The van der Waals surface area contributed by atoms with Crippen LogP contribution in [0.5, 0.6) is 17.2 Å². The minimum Gasteiger partial charge on any atom is -0.492 e. The van der Waals surface area contributed by atoms with Crippen LogP contribution in [0.4, 0.5) is 5.69 Å². The first-order valence-corrected chi connectivity index (χ1v) is 12.9. The van der Waals surface area contributed by atoms with Gasteiger partial charge in [-0.15, -0.1) is 5.10 Å². The average Bonchev–Trinajstić information content (AvgIpc) is 3.62. The summed E-state index contributed by atoms with van der Waals surface area (Å²) in [7, 11) is 3.67. The Hall–Kier alpha value is -4.44. The Morgan fingerprint density at radius 2 is 1.87 bits per heavy atom. The third-order valence-corrected chi connectivity index (χ3v) is 7.34. The Morgan fingerprint density at radius 3 is 2.59 bits per heavy atom. The van der Waals surface area contributed by atoms with Crippen molar-refractivity contribution in [1.82, 2.24) is 25.1 Å². The van der Waals surface area contributed by atoms with Gasteiger partial charge in [0.05, 0.1) is 12.8 Å². The number of likely N-dealkylation sites (N-methyl/N-ethyl adjacent to an activating group) is 1. The third kappa shape index (κ3) is 4.46. The summed E-state index contributed by atoms with van der Waals surface area (Å²) < 4.78 is 18.9. The van der Waals surface area contributed by atoms with E-state index >= 15 is 0 Å². The summed E-state index contributed by atoms with van der Waals surface area (Å²) in [6.45, 7) is 5.25. The number of carbonyl (C=O) groups excluding carboxylic acids is 1. The maximum Gasteiger partial charge on any atom is 0.255 e. The molecule has 6 rings (SSSR count). The predicted octanol–water partition coefficient (Wildman–Crippen LogP) is 4.35. The van der Waals surface area contributed by atoms with Crippen LogP contribution in [0, 0.1) is 0 Å². The molecular weight excluding hydrogens is 496 g/mol. The molecule has 3 aromatic carbocycles. The van der Waals surface area contributed by atoms with E-state index in [1.54, 1.807) is 23.9 Å². The van der Waals surface area contributed by atoms with Gasteiger partial charge in [-0.2, -0.15) is 4.68 Å². The van der Waals surface area contributed by atoms with Crippen LogP contribution in [0.15, 0.2) is 54.6 Å². The second-order valence-electron chi connectivity index (χ2n) is 10.1. The van der Waals surface area contributed by atoms with E-state index < -0.39 is 0 Å². The molecule has 1 atom stereocenters. The van der Waals surface area contributed by atoms with E-state index in [-0.39, 0.29) is 18.7 Å². The summed E-state index contributed by atoms with van der Waals surface area (Å²) in [6.07, 6.45) is 0.834.